The van der Waals surface area contributed by atoms with Gasteiger partial charge in [-0.25, -0.2) is 0 Å². The number of carbonyl (C=O) groups is 3. The molecule has 1 aromatic rings. The first-order valence-electron chi connectivity index (χ1n) is 12.1. The summed E-state index contributed by atoms with van der Waals surface area (Å²) in [6.45, 7) is 4.30. The lowest BCUT2D eigenvalue weighted by atomic mass is 9.66. The molecule has 2 N–H and O–H groups in total. The van der Waals surface area contributed by atoms with Crippen LogP contribution in [0.1, 0.15) is 52.4 Å². The molecule has 3 aliphatic rings. The van der Waals surface area contributed by atoms with E-state index in [2.05, 4.69) is 5.32 Å². The number of rotatable bonds is 10. The fourth-order valence-electron chi connectivity index (χ4n) is 6.07. The van der Waals surface area contributed by atoms with Crippen LogP contribution < -0.4 is 5.32 Å². The molecule has 1 spiro atoms. The summed E-state index contributed by atoms with van der Waals surface area (Å²) in [6, 6.07) is 6.07. The molecular formula is C25H33ClN2O6. The second-order valence-corrected chi connectivity index (χ2v) is 10.0. The topological polar surface area (TPSA) is 105 Å². The molecule has 2 bridgehead atoms. The van der Waals surface area contributed by atoms with Crippen molar-refractivity contribution >= 4 is 35.1 Å². The van der Waals surface area contributed by atoms with Crippen molar-refractivity contribution in [3.8, 4) is 0 Å². The minimum absolute atomic E-state index is 0.129. The lowest BCUT2D eigenvalue weighted by Crippen LogP contribution is -2.53. The van der Waals surface area contributed by atoms with Crippen LogP contribution in [0, 0.1) is 11.8 Å². The minimum atomic E-state index is -1.08. The average molecular weight is 493 g/mol. The zero-order chi connectivity index (χ0) is 24.5. The molecule has 34 heavy (non-hydrogen) atoms. The predicted molar refractivity (Wildman–Crippen MR) is 126 cm³/mol. The first-order valence-corrected chi connectivity index (χ1v) is 12.5. The van der Waals surface area contributed by atoms with E-state index in [9.17, 15) is 14.4 Å². The number of para-hydroxylation sites is 1. The number of nitrogens with one attached hydrogen (secondary N) is 1. The van der Waals surface area contributed by atoms with Gasteiger partial charge in [0.25, 0.3) is 0 Å². The van der Waals surface area contributed by atoms with Crippen molar-refractivity contribution in [3.63, 3.8) is 0 Å². The molecule has 9 heteroatoms. The smallest absolute Gasteiger partial charge is 0.312 e. The molecule has 3 aliphatic heterocycles. The van der Waals surface area contributed by atoms with E-state index in [-0.39, 0.29) is 25.0 Å². The van der Waals surface area contributed by atoms with Crippen molar-refractivity contribution in [1.82, 2.24) is 4.90 Å². The van der Waals surface area contributed by atoms with E-state index < -0.39 is 35.0 Å². The van der Waals surface area contributed by atoms with Gasteiger partial charge in [0, 0.05) is 13.2 Å². The average Bonchev–Trinajstić information content (AvgIpc) is 3.36. The van der Waals surface area contributed by atoms with E-state index in [4.69, 9.17) is 26.2 Å². The lowest BCUT2D eigenvalue weighted by Gasteiger charge is -2.33. The monoisotopic (exact) mass is 492 g/mol. The Morgan fingerprint density at radius 3 is 2.68 bits per heavy atom. The van der Waals surface area contributed by atoms with Crippen molar-refractivity contribution in [3.05, 3.63) is 29.3 Å². The summed E-state index contributed by atoms with van der Waals surface area (Å²) in [7, 11) is 0. The van der Waals surface area contributed by atoms with Crippen molar-refractivity contribution < 1.29 is 29.0 Å². The third kappa shape index (κ3) is 4.10. The number of anilines is 1. The van der Waals surface area contributed by atoms with Gasteiger partial charge in [-0.3, -0.25) is 14.4 Å². The molecule has 186 valence electrons. The van der Waals surface area contributed by atoms with Crippen molar-refractivity contribution in [1.29, 1.82) is 0 Å². The first kappa shape index (κ1) is 24.9. The Labute approximate surface area is 204 Å². The fourth-order valence-corrected chi connectivity index (χ4v) is 6.25. The summed E-state index contributed by atoms with van der Waals surface area (Å²) < 4.78 is 11.8. The number of hydrogen-bond acceptors (Lipinski definition) is 6. The van der Waals surface area contributed by atoms with Crippen LogP contribution in [0.4, 0.5) is 5.69 Å². The van der Waals surface area contributed by atoms with Gasteiger partial charge in [0.1, 0.15) is 17.6 Å². The van der Waals surface area contributed by atoms with E-state index >= 15 is 0 Å². The molecule has 3 fully saturated rings. The highest BCUT2D eigenvalue weighted by atomic mass is 35.5. The summed E-state index contributed by atoms with van der Waals surface area (Å²) in [5, 5.41) is 12.3. The Balaban J connectivity index is 1.66. The second kappa shape index (κ2) is 9.84. The summed E-state index contributed by atoms with van der Waals surface area (Å²) >= 11 is 6.27. The first-order chi connectivity index (χ1) is 16.3. The number of unbranched alkanes of at least 4 members (excludes halogenated alkanes) is 3. The van der Waals surface area contributed by atoms with E-state index in [1.807, 2.05) is 6.92 Å². The number of hydrogen-bond donors (Lipinski definition) is 2. The number of esters is 1. The van der Waals surface area contributed by atoms with E-state index in [0.717, 1.165) is 12.8 Å². The molecule has 2 unspecified atom stereocenters. The van der Waals surface area contributed by atoms with Gasteiger partial charge in [-0.05, 0) is 51.7 Å². The zero-order valence-corrected chi connectivity index (χ0v) is 20.5. The van der Waals surface area contributed by atoms with Crippen LogP contribution in [0.25, 0.3) is 0 Å². The number of aliphatic hydroxyl groups excluding tert-OH is 1. The molecule has 0 radical (unpaired) electrons. The summed E-state index contributed by atoms with van der Waals surface area (Å²) in [4.78, 5) is 42.0. The Morgan fingerprint density at radius 2 is 1.97 bits per heavy atom. The molecule has 3 saturated heterocycles. The van der Waals surface area contributed by atoms with Gasteiger partial charge < -0.3 is 24.8 Å². The van der Waals surface area contributed by atoms with Crippen molar-refractivity contribution in [2.45, 2.75) is 69.6 Å². The molecule has 4 rings (SSSR count). The van der Waals surface area contributed by atoms with Crippen LogP contribution >= 0.6 is 11.6 Å². The fraction of sp³-hybridized carbons (Fsp3) is 0.640. The lowest BCUT2D eigenvalue weighted by molar-refractivity contribution is -0.158. The number of ether oxygens (including phenoxy) is 2. The molecule has 8 nitrogen and oxygen atoms in total. The Kier molecular flexibility index (Phi) is 7.22. The highest BCUT2D eigenvalue weighted by Crippen LogP contribution is 2.63. The van der Waals surface area contributed by atoms with E-state index in [1.165, 1.54) is 0 Å². The van der Waals surface area contributed by atoms with Crippen LogP contribution in [-0.2, 0) is 23.9 Å². The molecule has 1 aromatic carbocycles. The number of halogens is 1. The number of benzene rings is 1. The normalized spacial score (nSPS) is 31.6. The molecule has 0 saturated carbocycles. The van der Waals surface area contributed by atoms with Gasteiger partial charge in [-0.15, -0.1) is 0 Å². The van der Waals surface area contributed by atoms with Crippen LogP contribution in [0.2, 0.25) is 5.02 Å². The van der Waals surface area contributed by atoms with E-state index in [1.54, 1.807) is 36.1 Å². The molecule has 5 atom stereocenters. The maximum absolute atomic E-state index is 13.8. The third-order valence-corrected chi connectivity index (χ3v) is 7.83. The van der Waals surface area contributed by atoms with Gasteiger partial charge >= 0.3 is 5.97 Å². The SMILES string of the molecule is CCOC(=O)[C@H]1[C@H]2C(=O)N(CCCCCCO)C(C(=O)Nc3ccccc3Cl)C23CC[C@]1(C)O3. The van der Waals surface area contributed by atoms with Gasteiger partial charge in [0.05, 0.1) is 28.8 Å². The summed E-state index contributed by atoms with van der Waals surface area (Å²) in [5.74, 6) is -2.55. The van der Waals surface area contributed by atoms with Gasteiger partial charge in [-0.2, -0.15) is 0 Å². The van der Waals surface area contributed by atoms with E-state index in [0.29, 0.717) is 42.9 Å². The Hall–Kier alpha value is -2.16. The zero-order valence-electron chi connectivity index (χ0n) is 19.7. The highest BCUT2D eigenvalue weighted by Gasteiger charge is 2.78. The third-order valence-electron chi connectivity index (χ3n) is 7.50. The second-order valence-electron chi connectivity index (χ2n) is 9.62. The van der Waals surface area contributed by atoms with Gasteiger partial charge in [0.15, 0.2) is 0 Å². The summed E-state index contributed by atoms with van der Waals surface area (Å²) in [6.07, 6.45) is 4.12. The minimum Gasteiger partial charge on any atom is -0.466 e. The quantitative estimate of drug-likeness (QED) is 0.384. The van der Waals surface area contributed by atoms with Crippen LogP contribution in [0.5, 0.6) is 0 Å². The van der Waals surface area contributed by atoms with Gasteiger partial charge in [-0.1, -0.05) is 36.6 Å². The van der Waals surface area contributed by atoms with Crippen molar-refractivity contribution in [2.24, 2.45) is 11.8 Å². The van der Waals surface area contributed by atoms with Crippen LogP contribution in [-0.4, -0.2) is 64.8 Å². The standard InChI is InChI=1S/C25H33ClN2O6/c1-3-33-23(32)19-18-22(31)28(14-8-4-5-9-15-29)20(25(18)13-12-24(19,2)34-25)21(30)27-17-11-7-6-10-16(17)26/h6-7,10-11,18-20,29H,3-5,8-9,12-15H2,1-2H3,(H,27,30)/t18-,19+,20?,24-,25?/m0/s1. The van der Waals surface area contributed by atoms with Crippen LogP contribution in [0.3, 0.4) is 0 Å². The number of nitrogens with zero attached hydrogens (tertiary/aromatic N) is 1. The number of likely N-dealkylation sites (tertiary alicyclic amines) is 1. The van der Waals surface area contributed by atoms with Crippen LogP contribution in [0.15, 0.2) is 24.3 Å². The largest absolute Gasteiger partial charge is 0.466 e. The van der Waals surface area contributed by atoms with Gasteiger partial charge in [0.2, 0.25) is 11.8 Å². The number of carbonyl (C=O) groups excluding carboxylic acids is 3. The summed E-state index contributed by atoms with van der Waals surface area (Å²) in [5.41, 5.74) is -1.47. The Morgan fingerprint density at radius 1 is 1.24 bits per heavy atom. The number of aliphatic hydroxyl groups is 1. The highest BCUT2D eigenvalue weighted by molar-refractivity contribution is 6.33. The molecule has 0 aromatic heterocycles. The molecule has 0 aliphatic carbocycles. The maximum Gasteiger partial charge on any atom is 0.312 e. The number of fused-ring (bicyclic) bond motifs is 1. The predicted octanol–water partition coefficient (Wildman–Crippen LogP) is 3.16. The maximum atomic E-state index is 13.8. The Bertz CT molecular complexity index is 957. The number of amides is 2. The molecule has 3 heterocycles. The molecular weight excluding hydrogens is 460 g/mol. The molecule has 2 amide bonds. The van der Waals surface area contributed by atoms with Crippen molar-refractivity contribution in [2.75, 3.05) is 25.1 Å².